The molecule has 2 aliphatic carbocycles. The molecule has 2 aliphatic rings. The lowest BCUT2D eigenvalue weighted by atomic mass is 9.95. The number of ketones is 2. The zero-order chi connectivity index (χ0) is 22.6. The Labute approximate surface area is 168 Å². The maximum absolute atomic E-state index is 12.8. The number of carbonyl (C=O) groups excluding carboxylic acids is 6. The predicted octanol–water partition coefficient (Wildman–Crippen LogP) is -0.00940. The third-order valence-electron chi connectivity index (χ3n) is 4.52. The SMILES string of the molecule is COC(=O)OC1C(=O)C(OC(=O)OC)C2C1[C@H](OC(=O)OC)C(=O)[C@@H]2OC(=O)OC. The Bertz CT molecular complexity index is 626. The molecular weight excluding hydrogens is 416 g/mol. The molecule has 2 saturated carbocycles. The summed E-state index contributed by atoms with van der Waals surface area (Å²) in [7, 11) is 3.86. The largest absolute Gasteiger partial charge is 0.508 e. The Balaban J connectivity index is 2.51. The van der Waals surface area contributed by atoms with Crippen LogP contribution in [0.2, 0.25) is 0 Å². The first-order valence-corrected chi connectivity index (χ1v) is 8.25. The number of carbonyl (C=O) groups is 6. The minimum atomic E-state index is -1.75. The Kier molecular flexibility index (Phi) is 7.02. The van der Waals surface area contributed by atoms with E-state index in [1.165, 1.54) is 0 Å². The third-order valence-corrected chi connectivity index (χ3v) is 4.52. The average molecular weight is 434 g/mol. The van der Waals surface area contributed by atoms with Crippen LogP contribution in [0.15, 0.2) is 0 Å². The van der Waals surface area contributed by atoms with Crippen molar-refractivity contribution < 1.29 is 66.7 Å². The van der Waals surface area contributed by atoms with Crippen molar-refractivity contribution in [3.8, 4) is 0 Å². The number of rotatable bonds is 4. The van der Waals surface area contributed by atoms with E-state index in [0.717, 1.165) is 28.4 Å². The van der Waals surface area contributed by atoms with Gasteiger partial charge in [-0.05, 0) is 0 Å². The van der Waals surface area contributed by atoms with Crippen molar-refractivity contribution in [3.05, 3.63) is 0 Å². The number of hydrogen-bond donors (Lipinski definition) is 0. The van der Waals surface area contributed by atoms with E-state index in [1.54, 1.807) is 0 Å². The van der Waals surface area contributed by atoms with Crippen LogP contribution in [0.3, 0.4) is 0 Å². The van der Waals surface area contributed by atoms with Crippen molar-refractivity contribution in [1.82, 2.24) is 0 Å². The van der Waals surface area contributed by atoms with Crippen LogP contribution in [0.5, 0.6) is 0 Å². The van der Waals surface area contributed by atoms with Crippen molar-refractivity contribution in [2.75, 3.05) is 28.4 Å². The van der Waals surface area contributed by atoms with E-state index >= 15 is 0 Å². The van der Waals surface area contributed by atoms with Gasteiger partial charge in [0.15, 0.2) is 24.4 Å². The van der Waals surface area contributed by atoms with Crippen molar-refractivity contribution in [2.24, 2.45) is 11.8 Å². The first-order chi connectivity index (χ1) is 14.2. The summed E-state index contributed by atoms with van der Waals surface area (Å²) in [5, 5.41) is 0. The second kappa shape index (κ2) is 9.28. The number of Topliss-reactive ketones (excluding diaryl/α,β-unsaturated/α-hetero) is 2. The molecule has 0 aromatic heterocycles. The maximum atomic E-state index is 12.8. The zero-order valence-electron chi connectivity index (χ0n) is 16.2. The highest BCUT2D eigenvalue weighted by Gasteiger charge is 2.69. The van der Waals surface area contributed by atoms with E-state index in [2.05, 4.69) is 18.9 Å². The molecule has 0 saturated heterocycles. The Morgan fingerprint density at radius 3 is 0.867 bits per heavy atom. The molecule has 4 unspecified atom stereocenters. The minimum Gasteiger partial charge on any atom is -0.438 e. The lowest BCUT2D eigenvalue weighted by molar-refractivity contribution is -0.143. The van der Waals surface area contributed by atoms with E-state index in [0.29, 0.717) is 0 Å². The summed E-state index contributed by atoms with van der Waals surface area (Å²) in [5.41, 5.74) is 0. The summed E-state index contributed by atoms with van der Waals surface area (Å²) in [6.07, 6.45) is -12.2. The fourth-order valence-corrected chi connectivity index (χ4v) is 3.36. The van der Waals surface area contributed by atoms with Crippen LogP contribution in [0.4, 0.5) is 19.2 Å². The van der Waals surface area contributed by atoms with Crippen LogP contribution in [-0.4, -0.2) is 89.0 Å². The normalized spacial score (nSPS) is 29.3. The summed E-state index contributed by atoms with van der Waals surface area (Å²) in [4.78, 5) is 72.0. The maximum Gasteiger partial charge on any atom is 0.508 e. The van der Waals surface area contributed by atoms with Crippen LogP contribution in [-0.2, 0) is 47.5 Å². The average Bonchev–Trinajstić information content (AvgIpc) is 3.14. The van der Waals surface area contributed by atoms with Gasteiger partial charge in [-0.1, -0.05) is 0 Å². The molecule has 2 rings (SSSR count). The fraction of sp³-hybridized carbons (Fsp3) is 0.625. The molecule has 0 bridgehead atoms. The van der Waals surface area contributed by atoms with E-state index in [-0.39, 0.29) is 0 Å². The van der Waals surface area contributed by atoms with Crippen LogP contribution < -0.4 is 0 Å². The first-order valence-electron chi connectivity index (χ1n) is 8.25. The molecule has 14 heteroatoms. The minimum absolute atomic E-state index is 0.965. The zero-order valence-corrected chi connectivity index (χ0v) is 16.2. The van der Waals surface area contributed by atoms with Crippen molar-refractivity contribution in [2.45, 2.75) is 24.4 Å². The van der Waals surface area contributed by atoms with Gasteiger partial charge < -0.3 is 37.9 Å². The van der Waals surface area contributed by atoms with Gasteiger partial charge in [-0.2, -0.15) is 0 Å². The number of hydrogen-bond acceptors (Lipinski definition) is 14. The molecule has 0 N–H and O–H groups in total. The van der Waals surface area contributed by atoms with Gasteiger partial charge in [-0.15, -0.1) is 0 Å². The first kappa shape index (κ1) is 22.7. The second-order valence-electron chi connectivity index (χ2n) is 5.93. The molecule has 0 amide bonds. The van der Waals surface area contributed by atoms with Crippen LogP contribution in [0.25, 0.3) is 0 Å². The van der Waals surface area contributed by atoms with Crippen LogP contribution in [0, 0.1) is 11.8 Å². The Morgan fingerprint density at radius 1 is 0.500 bits per heavy atom. The van der Waals surface area contributed by atoms with Gasteiger partial charge in [0.25, 0.3) is 0 Å². The topological polar surface area (TPSA) is 176 Å². The highest BCUT2D eigenvalue weighted by molar-refractivity contribution is 6.01. The molecule has 0 aromatic rings. The molecular formula is C16H18O14. The van der Waals surface area contributed by atoms with Crippen molar-refractivity contribution >= 4 is 36.2 Å². The summed E-state index contributed by atoms with van der Waals surface area (Å²) in [5.74, 6) is -4.75. The van der Waals surface area contributed by atoms with E-state index in [1.807, 2.05) is 0 Å². The third kappa shape index (κ3) is 4.21. The Hall–Kier alpha value is -3.58. The number of fused-ring (bicyclic) bond motifs is 1. The molecule has 166 valence electrons. The smallest absolute Gasteiger partial charge is 0.438 e. The van der Waals surface area contributed by atoms with Gasteiger partial charge in [0, 0.05) is 0 Å². The van der Waals surface area contributed by atoms with E-state index < -0.39 is 72.4 Å². The molecule has 14 nitrogen and oxygen atoms in total. The van der Waals surface area contributed by atoms with Crippen molar-refractivity contribution in [1.29, 1.82) is 0 Å². The molecule has 0 radical (unpaired) electrons. The quantitative estimate of drug-likeness (QED) is 0.426. The molecule has 6 atom stereocenters. The van der Waals surface area contributed by atoms with Crippen LogP contribution in [0.1, 0.15) is 0 Å². The van der Waals surface area contributed by atoms with Gasteiger partial charge in [-0.25, -0.2) is 19.2 Å². The molecule has 0 aliphatic heterocycles. The summed E-state index contributed by atoms with van der Waals surface area (Å²) >= 11 is 0. The predicted molar refractivity (Wildman–Crippen MR) is 86.1 cm³/mol. The van der Waals surface area contributed by atoms with Gasteiger partial charge in [-0.3, -0.25) is 9.59 Å². The van der Waals surface area contributed by atoms with Gasteiger partial charge in [0.05, 0.1) is 40.3 Å². The monoisotopic (exact) mass is 434 g/mol. The number of ether oxygens (including phenoxy) is 8. The van der Waals surface area contributed by atoms with Crippen molar-refractivity contribution in [3.63, 3.8) is 0 Å². The van der Waals surface area contributed by atoms with E-state index in [4.69, 9.17) is 18.9 Å². The van der Waals surface area contributed by atoms with Gasteiger partial charge in [0.2, 0.25) is 11.6 Å². The molecule has 0 spiro atoms. The fourth-order valence-electron chi connectivity index (χ4n) is 3.36. The lowest BCUT2D eigenvalue weighted by Gasteiger charge is -2.21. The summed E-state index contributed by atoms with van der Waals surface area (Å²) in [6, 6.07) is 0. The molecule has 0 heterocycles. The Morgan fingerprint density at radius 2 is 0.700 bits per heavy atom. The second-order valence-corrected chi connectivity index (χ2v) is 5.93. The molecule has 30 heavy (non-hydrogen) atoms. The van der Waals surface area contributed by atoms with E-state index in [9.17, 15) is 28.8 Å². The highest BCUT2D eigenvalue weighted by atomic mass is 16.8. The number of methoxy groups -OCH3 is 4. The highest BCUT2D eigenvalue weighted by Crippen LogP contribution is 2.47. The molecule has 0 aromatic carbocycles. The van der Waals surface area contributed by atoms with Gasteiger partial charge >= 0.3 is 24.6 Å². The van der Waals surface area contributed by atoms with Crippen LogP contribution >= 0.6 is 0 Å². The van der Waals surface area contributed by atoms with Gasteiger partial charge in [0.1, 0.15) is 0 Å². The summed E-state index contributed by atoms with van der Waals surface area (Å²) < 4.78 is 37.0. The molecule has 2 fully saturated rings. The summed E-state index contributed by atoms with van der Waals surface area (Å²) in [6.45, 7) is 0. The lowest BCUT2D eigenvalue weighted by Crippen LogP contribution is -2.42. The standard InChI is InChI=1S/C16H18O14/c1-23-13(19)27-9-5-6(11(7(9)17)29-15(21)25-3)12(30-16(22)26-4)8(18)10(5)28-14(20)24-2/h5-6,9-12H,1-4H3/t5?,6?,9-,10?,11+,12?.